The van der Waals surface area contributed by atoms with E-state index in [1.54, 1.807) is 48.5 Å². The highest BCUT2D eigenvalue weighted by molar-refractivity contribution is 9.10. The third-order valence-electron chi connectivity index (χ3n) is 3.90. The first-order valence-corrected chi connectivity index (χ1v) is 11.6. The molecular weight excluding hydrogens is 458 g/mol. The van der Waals surface area contributed by atoms with E-state index in [-0.39, 0.29) is 11.8 Å². The lowest BCUT2D eigenvalue weighted by atomic mass is 10.1. The van der Waals surface area contributed by atoms with Crippen molar-refractivity contribution in [2.24, 2.45) is 5.92 Å². The molecule has 2 amide bonds. The molecule has 156 valence electrons. The van der Waals surface area contributed by atoms with Gasteiger partial charge in [0.2, 0.25) is 15.9 Å². The summed E-state index contributed by atoms with van der Waals surface area (Å²) in [6.45, 7) is 4.05. The van der Waals surface area contributed by atoms with Crippen LogP contribution in [0.5, 0.6) is 0 Å². The fourth-order valence-electron chi connectivity index (χ4n) is 2.53. The van der Waals surface area contributed by atoms with Crippen LogP contribution in [-0.4, -0.2) is 39.6 Å². The molecule has 0 unspecified atom stereocenters. The number of para-hydroxylation sites is 1. The average Bonchev–Trinajstić information content (AvgIpc) is 2.63. The first-order chi connectivity index (χ1) is 13.6. The molecule has 29 heavy (non-hydrogen) atoms. The number of anilines is 2. The number of halogens is 1. The van der Waals surface area contributed by atoms with Crippen molar-refractivity contribution in [2.75, 3.05) is 29.0 Å². The zero-order valence-corrected chi connectivity index (χ0v) is 18.9. The third-order valence-corrected chi connectivity index (χ3v) is 5.53. The van der Waals surface area contributed by atoms with Gasteiger partial charge in [0.25, 0.3) is 5.91 Å². The van der Waals surface area contributed by atoms with Crippen molar-refractivity contribution in [1.29, 1.82) is 0 Å². The molecule has 0 saturated heterocycles. The van der Waals surface area contributed by atoms with Gasteiger partial charge in [-0.2, -0.15) is 0 Å². The molecule has 0 bridgehead atoms. The molecular formula is C20H24BrN3O4S. The van der Waals surface area contributed by atoms with Crippen LogP contribution in [0.3, 0.4) is 0 Å². The van der Waals surface area contributed by atoms with Gasteiger partial charge < -0.3 is 10.6 Å². The number of carbonyl (C=O) groups is 2. The van der Waals surface area contributed by atoms with E-state index in [0.29, 0.717) is 28.0 Å². The van der Waals surface area contributed by atoms with Crippen LogP contribution in [-0.2, 0) is 14.8 Å². The van der Waals surface area contributed by atoms with Crippen molar-refractivity contribution in [3.05, 3.63) is 58.6 Å². The Labute approximate surface area is 179 Å². The van der Waals surface area contributed by atoms with Crippen LogP contribution >= 0.6 is 15.9 Å². The molecule has 2 aromatic rings. The first kappa shape index (κ1) is 22.9. The molecule has 0 aliphatic carbocycles. The van der Waals surface area contributed by atoms with E-state index in [4.69, 9.17) is 0 Å². The minimum atomic E-state index is -3.69. The second kappa shape index (κ2) is 9.89. The second-order valence-corrected chi connectivity index (χ2v) is 9.77. The number of hydrogen-bond donors (Lipinski definition) is 2. The van der Waals surface area contributed by atoms with E-state index in [9.17, 15) is 18.0 Å². The van der Waals surface area contributed by atoms with Crippen LogP contribution in [0.25, 0.3) is 0 Å². The number of nitrogens with zero attached hydrogens (tertiary/aromatic N) is 1. The molecule has 2 aromatic carbocycles. The van der Waals surface area contributed by atoms with Crippen LogP contribution < -0.4 is 14.9 Å². The molecule has 0 aromatic heterocycles. The Hall–Kier alpha value is -2.39. The molecule has 0 heterocycles. The summed E-state index contributed by atoms with van der Waals surface area (Å²) < 4.78 is 26.1. The highest BCUT2D eigenvalue weighted by atomic mass is 79.9. The lowest BCUT2D eigenvalue weighted by molar-refractivity contribution is -0.114. The average molecular weight is 482 g/mol. The summed E-state index contributed by atoms with van der Waals surface area (Å²) in [4.78, 5) is 25.0. The maximum Gasteiger partial charge on any atom is 0.253 e. The summed E-state index contributed by atoms with van der Waals surface area (Å²) in [7, 11) is -3.69. The van der Waals surface area contributed by atoms with E-state index < -0.39 is 22.5 Å². The van der Waals surface area contributed by atoms with Crippen LogP contribution in [0.1, 0.15) is 24.2 Å². The number of sulfonamides is 1. The monoisotopic (exact) mass is 481 g/mol. The molecule has 2 N–H and O–H groups in total. The molecule has 0 atom stereocenters. The summed E-state index contributed by atoms with van der Waals surface area (Å²) in [5, 5.41) is 5.46. The van der Waals surface area contributed by atoms with Crippen LogP contribution in [0, 0.1) is 5.92 Å². The lowest BCUT2D eigenvalue weighted by Gasteiger charge is -2.22. The van der Waals surface area contributed by atoms with E-state index in [2.05, 4.69) is 26.6 Å². The molecule has 7 nitrogen and oxygen atoms in total. The van der Waals surface area contributed by atoms with Crippen LogP contribution in [0.2, 0.25) is 0 Å². The maximum atomic E-state index is 12.6. The van der Waals surface area contributed by atoms with Gasteiger partial charge in [-0.25, -0.2) is 8.42 Å². The van der Waals surface area contributed by atoms with Gasteiger partial charge in [0.1, 0.15) is 6.54 Å². The smallest absolute Gasteiger partial charge is 0.253 e. The van der Waals surface area contributed by atoms with E-state index in [1.165, 1.54) is 0 Å². The van der Waals surface area contributed by atoms with Gasteiger partial charge in [0.15, 0.2) is 0 Å². The molecule has 0 aliphatic heterocycles. The van der Waals surface area contributed by atoms with Gasteiger partial charge in [-0.3, -0.25) is 13.9 Å². The fraction of sp³-hybridized carbons (Fsp3) is 0.300. The summed E-state index contributed by atoms with van der Waals surface area (Å²) in [6.07, 6.45) is 1.04. The van der Waals surface area contributed by atoms with Crippen molar-refractivity contribution in [2.45, 2.75) is 13.8 Å². The third kappa shape index (κ3) is 6.86. The number of hydrogen-bond acceptors (Lipinski definition) is 4. The Bertz CT molecular complexity index is 993. The number of nitrogens with one attached hydrogen (secondary N) is 2. The summed E-state index contributed by atoms with van der Waals surface area (Å²) >= 11 is 3.30. The largest absolute Gasteiger partial charge is 0.352 e. The van der Waals surface area contributed by atoms with Crippen LogP contribution in [0.15, 0.2) is 53.0 Å². The molecule has 0 spiro atoms. The first-order valence-electron chi connectivity index (χ1n) is 8.98. The Kier molecular flexibility index (Phi) is 7.80. The standard InChI is InChI=1S/C20H24BrN3O4S/c1-14(2)12-22-20(26)17-9-4-5-10-18(17)23-19(25)13-24(29(3,27)28)16-8-6-7-15(21)11-16/h4-11,14H,12-13H2,1-3H3,(H,22,26)(H,23,25). The fourth-order valence-corrected chi connectivity index (χ4v) is 3.77. The van der Waals surface area contributed by atoms with Gasteiger partial charge in [-0.1, -0.05) is 48.0 Å². The van der Waals surface area contributed by atoms with E-state index in [1.807, 2.05) is 13.8 Å². The normalized spacial score (nSPS) is 11.2. The van der Waals surface area contributed by atoms with Crippen molar-refractivity contribution in [1.82, 2.24) is 5.32 Å². The zero-order chi connectivity index (χ0) is 21.6. The minimum Gasteiger partial charge on any atom is -0.352 e. The number of rotatable bonds is 8. The number of carbonyl (C=O) groups excluding carboxylic acids is 2. The SMILES string of the molecule is CC(C)CNC(=O)c1ccccc1NC(=O)CN(c1cccc(Br)c1)S(C)(=O)=O. The Balaban J connectivity index is 2.20. The highest BCUT2D eigenvalue weighted by Gasteiger charge is 2.22. The second-order valence-electron chi connectivity index (χ2n) is 6.95. The Morgan fingerprint density at radius 3 is 2.41 bits per heavy atom. The predicted octanol–water partition coefficient (Wildman–Crippen LogP) is 3.24. The molecule has 0 aliphatic rings. The van der Waals surface area contributed by atoms with Crippen molar-refractivity contribution >= 4 is 49.1 Å². The molecule has 0 radical (unpaired) electrons. The van der Waals surface area contributed by atoms with Crippen molar-refractivity contribution in [3.63, 3.8) is 0 Å². The highest BCUT2D eigenvalue weighted by Crippen LogP contribution is 2.22. The van der Waals surface area contributed by atoms with Gasteiger partial charge in [-0.15, -0.1) is 0 Å². The van der Waals surface area contributed by atoms with Gasteiger partial charge in [-0.05, 0) is 36.2 Å². The molecule has 9 heteroatoms. The van der Waals surface area contributed by atoms with Crippen LogP contribution in [0.4, 0.5) is 11.4 Å². The molecule has 2 rings (SSSR count). The van der Waals surface area contributed by atoms with Gasteiger partial charge in [0.05, 0.1) is 23.2 Å². The van der Waals surface area contributed by atoms with Crippen molar-refractivity contribution < 1.29 is 18.0 Å². The van der Waals surface area contributed by atoms with Crippen molar-refractivity contribution in [3.8, 4) is 0 Å². The molecule has 0 saturated carbocycles. The Morgan fingerprint density at radius 2 is 1.79 bits per heavy atom. The maximum absolute atomic E-state index is 12.6. The van der Waals surface area contributed by atoms with E-state index in [0.717, 1.165) is 10.6 Å². The summed E-state index contributed by atoms with van der Waals surface area (Å²) in [5.74, 6) is -0.574. The number of benzene rings is 2. The number of amides is 2. The predicted molar refractivity (Wildman–Crippen MR) is 119 cm³/mol. The van der Waals surface area contributed by atoms with Gasteiger partial charge >= 0.3 is 0 Å². The summed E-state index contributed by atoms with van der Waals surface area (Å²) in [5.41, 5.74) is 0.997. The minimum absolute atomic E-state index is 0.286. The quantitative estimate of drug-likeness (QED) is 0.604. The Morgan fingerprint density at radius 1 is 1.10 bits per heavy atom. The molecule has 0 fully saturated rings. The topological polar surface area (TPSA) is 95.6 Å². The lowest BCUT2D eigenvalue weighted by Crippen LogP contribution is -2.37. The zero-order valence-electron chi connectivity index (χ0n) is 16.5. The van der Waals surface area contributed by atoms with Gasteiger partial charge in [0, 0.05) is 11.0 Å². The summed E-state index contributed by atoms with van der Waals surface area (Å²) in [6, 6.07) is 13.3. The van der Waals surface area contributed by atoms with E-state index >= 15 is 0 Å².